The molecule has 0 atom stereocenters. The Hall–Kier alpha value is -1.20. The van der Waals surface area contributed by atoms with Crippen molar-refractivity contribution in [1.82, 2.24) is 9.36 Å². The number of hydrogen-bond donors (Lipinski definition) is 2. The third-order valence-corrected chi connectivity index (χ3v) is 2.89. The molecule has 0 aromatic carbocycles. The maximum absolute atomic E-state index is 5.43. The van der Waals surface area contributed by atoms with Crippen LogP contribution in [0.1, 0.15) is 5.69 Å². The molecule has 0 saturated carbocycles. The van der Waals surface area contributed by atoms with Gasteiger partial charge in [-0.05, 0) is 24.5 Å². The molecule has 2 heterocycles. The predicted molar refractivity (Wildman–Crippen MR) is 59.7 cm³/mol. The fraction of sp³-hybridized carbons (Fsp3) is 0.333. The molecule has 2 aromatic rings. The lowest BCUT2D eigenvalue weighted by molar-refractivity contribution is 1.01. The second-order valence-corrected chi connectivity index (χ2v) is 3.82. The molecule has 2 aromatic heterocycles. The first-order valence-electron chi connectivity index (χ1n) is 4.48. The molecule has 0 fully saturated rings. The van der Waals surface area contributed by atoms with Crippen LogP contribution in [-0.4, -0.2) is 22.4 Å². The van der Waals surface area contributed by atoms with Crippen LogP contribution < -0.4 is 11.1 Å². The summed E-state index contributed by atoms with van der Waals surface area (Å²) in [6.07, 6.45) is 1.79. The molecule has 14 heavy (non-hydrogen) atoms. The van der Waals surface area contributed by atoms with Gasteiger partial charge in [-0.3, -0.25) is 0 Å². The van der Waals surface area contributed by atoms with E-state index in [0.717, 1.165) is 28.1 Å². The van der Waals surface area contributed by atoms with E-state index in [1.165, 1.54) is 11.5 Å². The fourth-order valence-corrected chi connectivity index (χ4v) is 2.14. The lowest BCUT2D eigenvalue weighted by atomic mass is 10.2. The molecule has 2 rings (SSSR count). The van der Waals surface area contributed by atoms with Gasteiger partial charge in [-0.25, -0.2) is 4.98 Å². The molecule has 4 nitrogen and oxygen atoms in total. The van der Waals surface area contributed by atoms with Gasteiger partial charge in [0.05, 0.1) is 15.8 Å². The van der Waals surface area contributed by atoms with E-state index in [4.69, 9.17) is 5.73 Å². The van der Waals surface area contributed by atoms with Crippen molar-refractivity contribution in [3.63, 3.8) is 0 Å². The third-order valence-electron chi connectivity index (χ3n) is 1.99. The van der Waals surface area contributed by atoms with E-state index < -0.39 is 0 Å². The van der Waals surface area contributed by atoms with Gasteiger partial charge < -0.3 is 11.1 Å². The first-order chi connectivity index (χ1) is 6.83. The predicted octanol–water partition coefficient (Wildman–Crippen LogP) is 1.37. The van der Waals surface area contributed by atoms with E-state index in [1.807, 2.05) is 13.0 Å². The summed E-state index contributed by atoms with van der Waals surface area (Å²) in [5.41, 5.74) is 6.46. The van der Waals surface area contributed by atoms with Gasteiger partial charge in [0.1, 0.15) is 5.82 Å². The van der Waals surface area contributed by atoms with Gasteiger partial charge in [0.2, 0.25) is 0 Å². The maximum atomic E-state index is 5.43. The van der Waals surface area contributed by atoms with Crippen molar-refractivity contribution < 1.29 is 0 Å². The Kier molecular flexibility index (Phi) is 2.60. The lowest BCUT2D eigenvalue weighted by Gasteiger charge is -2.04. The van der Waals surface area contributed by atoms with Crippen LogP contribution in [0.3, 0.4) is 0 Å². The summed E-state index contributed by atoms with van der Waals surface area (Å²) in [6, 6.07) is 1.98. The summed E-state index contributed by atoms with van der Waals surface area (Å²) < 4.78 is 5.46. The molecule has 0 aliphatic rings. The number of nitrogens with one attached hydrogen (secondary N) is 1. The molecule has 5 heteroatoms. The Labute approximate surface area is 86.3 Å². The van der Waals surface area contributed by atoms with Gasteiger partial charge in [-0.2, -0.15) is 4.37 Å². The normalized spacial score (nSPS) is 10.7. The summed E-state index contributed by atoms with van der Waals surface area (Å²) in [6.45, 7) is 3.34. The maximum Gasteiger partial charge on any atom is 0.136 e. The molecule has 0 radical (unpaired) electrons. The van der Waals surface area contributed by atoms with Gasteiger partial charge in [0.25, 0.3) is 0 Å². The molecular formula is C9H12N4S. The van der Waals surface area contributed by atoms with Crippen molar-refractivity contribution >= 4 is 27.4 Å². The zero-order chi connectivity index (χ0) is 9.97. The monoisotopic (exact) mass is 208 g/mol. The van der Waals surface area contributed by atoms with Gasteiger partial charge in [-0.15, -0.1) is 0 Å². The highest BCUT2D eigenvalue weighted by molar-refractivity contribution is 7.13. The van der Waals surface area contributed by atoms with E-state index in [1.54, 1.807) is 6.20 Å². The van der Waals surface area contributed by atoms with Crippen LogP contribution in [0.5, 0.6) is 0 Å². The number of hydrogen-bond acceptors (Lipinski definition) is 5. The summed E-state index contributed by atoms with van der Waals surface area (Å²) in [5, 5.41) is 4.31. The molecule has 0 unspecified atom stereocenters. The standard InChI is InChI=1S/C9H12N4S/c1-6-8-7(14-13-6)2-4-11-9(8)12-5-3-10/h2,4H,3,5,10H2,1H3,(H,11,12). The van der Waals surface area contributed by atoms with Crippen LogP contribution in [0.2, 0.25) is 0 Å². The summed E-state index contributed by atoms with van der Waals surface area (Å²) in [7, 11) is 0. The molecule has 0 amide bonds. The van der Waals surface area contributed by atoms with Crippen molar-refractivity contribution in [2.24, 2.45) is 5.73 Å². The van der Waals surface area contributed by atoms with Gasteiger partial charge >= 0.3 is 0 Å². The molecule has 0 aliphatic carbocycles. The van der Waals surface area contributed by atoms with E-state index in [-0.39, 0.29) is 0 Å². The van der Waals surface area contributed by atoms with Gasteiger partial charge in [-0.1, -0.05) is 0 Å². The summed E-state index contributed by atoms with van der Waals surface area (Å²) in [5.74, 6) is 0.888. The van der Waals surface area contributed by atoms with E-state index in [9.17, 15) is 0 Å². The van der Waals surface area contributed by atoms with Crippen molar-refractivity contribution in [2.45, 2.75) is 6.92 Å². The highest BCUT2D eigenvalue weighted by Gasteiger charge is 2.07. The third kappa shape index (κ3) is 1.56. The van der Waals surface area contributed by atoms with Crippen LogP contribution >= 0.6 is 11.5 Å². The molecule has 3 N–H and O–H groups in total. The second kappa shape index (κ2) is 3.89. The number of fused-ring (bicyclic) bond motifs is 1. The molecule has 74 valence electrons. The largest absolute Gasteiger partial charge is 0.368 e. The van der Waals surface area contributed by atoms with Gasteiger partial charge in [0.15, 0.2) is 0 Å². The van der Waals surface area contributed by atoms with Gasteiger partial charge in [0, 0.05) is 19.3 Å². The number of pyridine rings is 1. The Balaban J connectivity index is 2.46. The number of nitrogens with zero attached hydrogens (tertiary/aromatic N) is 2. The summed E-state index contributed by atoms with van der Waals surface area (Å²) in [4.78, 5) is 4.28. The van der Waals surface area contributed by atoms with E-state index in [0.29, 0.717) is 6.54 Å². The quantitative estimate of drug-likeness (QED) is 0.799. The number of anilines is 1. The van der Waals surface area contributed by atoms with Crippen molar-refractivity contribution in [2.75, 3.05) is 18.4 Å². The Morgan fingerprint density at radius 2 is 2.43 bits per heavy atom. The average Bonchev–Trinajstić information content (AvgIpc) is 2.58. The SMILES string of the molecule is Cc1nsc2ccnc(NCCN)c12. The lowest BCUT2D eigenvalue weighted by Crippen LogP contribution is -2.13. The highest BCUT2D eigenvalue weighted by atomic mass is 32.1. The Bertz CT molecular complexity index is 437. The number of aryl methyl sites for hydroxylation is 1. The molecule has 0 saturated heterocycles. The zero-order valence-corrected chi connectivity index (χ0v) is 8.77. The van der Waals surface area contributed by atoms with Crippen molar-refractivity contribution in [3.05, 3.63) is 18.0 Å². The van der Waals surface area contributed by atoms with Crippen LogP contribution in [0.25, 0.3) is 10.1 Å². The minimum absolute atomic E-state index is 0.606. The molecule has 0 aliphatic heterocycles. The van der Waals surface area contributed by atoms with Crippen molar-refractivity contribution in [1.29, 1.82) is 0 Å². The van der Waals surface area contributed by atoms with Crippen LogP contribution in [0, 0.1) is 6.92 Å². The average molecular weight is 208 g/mol. The minimum atomic E-state index is 0.606. The number of aromatic nitrogens is 2. The molecule has 0 bridgehead atoms. The first kappa shape index (κ1) is 9.36. The topological polar surface area (TPSA) is 63.8 Å². The van der Waals surface area contributed by atoms with Crippen LogP contribution in [0.15, 0.2) is 12.3 Å². The minimum Gasteiger partial charge on any atom is -0.368 e. The number of rotatable bonds is 3. The number of nitrogens with two attached hydrogens (primary N) is 1. The Morgan fingerprint density at radius 1 is 1.57 bits per heavy atom. The van der Waals surface area contributed by atoms with E-state index in [2.05, 4.69) is 14.7 Å². The molecular weight excluding hydrogens is 196 g/mol. The fourth-order valence-electron chi connectivity index (χ4n) is 1.36. The highest BCUT2D eigenvalue weighted by Crippen LogP contribution is 2.27. The Morgan fingerprint density at radius 3 is 3.21 bits per heavy atom. The van der Waals surface area contributed by atoms with E-state index >= 15 is 0 Å². The first-order valence-corrected chi connectivity index (χ1v) is 5.25. The molecule has 0 spiro atoms. The second-order valence-electron chi connectivity index (χ2n) is 3.02. The van der Waals surface area contributed by atoms with Crippen molar-refractivity contribution in [3.8, 4) is 0 Å². The zero-order valence-electron chi connectivity index (χ0n) is 7.95. The summed E-state index contributed by atoms with van der Waals surface area (Å²) >= 11 is 1.50. The van der Waals surface area contributed by atoms with Crippen LogP contribution in [0.4, 0.5) is 5.82 Å². The van der Waals surface area contributed by atoms with Crippen LogP contribution in [-0.2, 0) is 0 Å². The smallest absolute Gasteiger partial charge is 0.136 e.